The van der Waals surface area contributed by atoms with E-state index in [1.807, 2.05) is 6.92 Å². The summed E-state index contributed by atoms with van der Waals surface area (Å²) < 4.78 is 26.6. The van der Waals surface area contributed by atoms with E-state index in [1.165, 1.54) is 12.1 Å². The maximum absolute atomic E-state index is 12.1. The number of aliphatic hydroxyl groups is 1. The van der Waals surface area contributed by atoms with Crippen LogP contribution in [0.5, 0.6) is 0 Å². The number of hydrogen-bond acceptors (Lipinski definition) is 4. The third-order valence-corrected chi connectivity index (χ3v) is 4.61. The number of sulfonamides is 1. The fourth-order valence-electron chi connectivity index (χ4n) is 1.68. The molecule has 1 aromatic rings. The van der Waals surface area contributed by atoms with Crippen molar-refractivity contribution in [3.05, 3.63) is 22.7 Å². The molecule has 0 aliphatic carbocycles. The zero-order valence-corrected chi connectivity index (χ0v) is 12.6. The van der Waals surface area contributed by atoms with Crippen LogP contribution in [0.3, 0.4) is 0 Å². The minimum absolute atomic E-state index is 0.0157. The van der Waals surface area contributed by atoms with Gasteiger partial charge in [0.25, 0.3) is 0 Å². The van der Waals surface area contributed by atoms with Crippen molar-refractivity contribution in [2.45, 2.75) is 37.7 Å². The zero-order valence-electron chi connectivity index (χ0n) is 11.0. The molecule has 19 heavy (non-hydrogen) atoms. The standard InChI is InChI=1S/C12H19ClN2O3S/c1-3-4-9(16)7-15-19(17,18)12-6-11(14)10(13)5-8(12)2/h5-6,9,15-16H,3-4,7,14H2,1-2H3. The van der Waals surface area contributed by atoms with Gasteiger partial charge in [0.2, 0.25) is 10.0 Å². The second-order valence-corrected chi connectivity index (χ2v) is 6.58. The van der Waals surface area contributed by atoms with E-state index in [0.29, 0.717) is 17.0 Å². The number of rotatable bonds is 6. The first-order chi connectivity index (χ1) is 8.77. The van der Waals surface area contributed by atoms with Gasteiger partial charge in [-0.3, -0.25) is 0 Å². The Labute approximate surface area is 118 Å². The van der Waals surface area contributed by atoms with Gasteiger partial charge in [0.15, 0.2) is 0 Å². The molecule has 0 saturated carbocycles. The van der Waals surface area contributed by atoms with Crippen molar-refractivity contribution in [3.63, 3.8) is 0 Å². The minimum Gasteiger partial charge on any atom is -0.397 e. The molecule has 1 rings (SSSR count). The Morgan fingerprint density at radius 1 is 1.47 bits per heavy atom. The number of nitrogens with one attached hydrogen (secondary N) is 1. The van der Waals surface area contributed by atoms with Crippen LogP contribution in [0.1, 0.15) is 25.3 Å². The summed E-state index contributed by atoms with van der Waals surface area (Å²) in [5.74, 6) is 0. The fraction of sp³-hybridized carbons (Fsp3) is 0.500. The predicted octanol–water partition coefficient (Wildman–Crippen LogP) is 1.67. The molecule has 7 heteroatoms. The highest BCUT2D eigenvalue weighted by molar-refractivity contribution is 7.89. The first kappa shape index (κ1) is 16.2. The molecule has 1 unspecified atom stereocenters. The van der Waals surface area contributed by atoms with Gasteiger partial charge in [-0.15, -0.1) is 0 Å². The number of aryl methyl sites for hydroxylation is 1. The lowest BCUT2D eigenvalue weighted by atomic mass is 10.2. The SMILES string of the molecule is CCCC(O)CNS(=O)(=O)c1cc(N)c(Cl)cc1C. The van der Waals surface area contributed by atoms with E-state index < -0.39 is 16.1 Å². The van der Waals surface area contributed by atoms with Crippen LogP contribution in [0.25, 0.3) is 0 Å². The van der Waals surface area contributed by atoms with Crippen molar-refractivity contribution in [3.8, 4) is 0 Å². The first-order valence-corrected chi connectivity index (χ1v) is 7.87. The lowest BCUT2D eigenvalue weighted by Crippen LogP contribution is -2.32. The Kier molecular flexibility index (Phi) is 5.61. The van der Waals surface area contributed by atoms with Crippen LogP contribution in [0.2, 0.25) is 5.02 Å². The number of anilines is 1. The van der Waals surface area contributed by atoms with Gasteiger partial charge in [-0.2, -0.15) is 0 Å². The van der Waals surface area contributed by atoms with Crippen molar-refractivity contribution in [1.82, 2.24) is 4.72 Å². The Bertz CT molecular complexity index is 546. The zero-order chi connectivity index (χ0) is 14.6. The van der Waals surface area contributed by atoms with Crippen LogP contribution in [0.15, 0.2) is 17.0 Å². The molecule has 1 aromatic carbocycles. The van der Waals surface area contributed by atoms with Gasteiger partial charge in [-0.05, 0) is 31.0 Å². The molecule has 108 valence electrons. The highest BCUT2D eigenvalue weighted by Gasteiger charge is 2.19. The highest BCUT2D eigenvalue weighted by atomic mass is 35.5. The number of benzene rings is 1. The topological polar surface area (TPSA) is 92.4 Å². The van der Waals surface area contributed by atoms with Gasteiger partial charge < -0.3 is 10.8 Å². The third kappa shape index (κ3) is 4.35. The second kappa shape index (κ2) is 6.56. The molecule has 0 bridgehead atoms. The van der Waals surface area contributed by atoms with Crippen molar-refractivity contribution in [2.24, 2.45) is 0 Å². The normalized spacial score (nSPS) is 13.5. The van der Waals surface area contributed by atoms with Gasteiger partial charge in [-0.1, -0.05) is 24.9 Å². The summed E-state index contributed by atoms with van der Waals surface area (Å²) in [6.45, 7) is 3.54. The largest absolute Gasteiger partial charge is 0.397 e. The molecule has 0 fully saturated rings. The van der Waals surface area contributed by atoms with E-state index in [9.17, 15) is 13.5 Å². The fourth-order valence-corrected chi connectivity index (χ4v) is 3.23. The molecule has 0 amide bonds. The van der Waals surface area contributed by atoms with Crippen LogP contribution in [0.4, 0.5) is 5.69 Å². The number of aliphatic hydroxyl groups excluding tert-OH is 1. The minimum atomic E-state index is -3.69. The predicted molar refractivity (Wildman–Crippen MR) is 76.7 cm³/mol. The van der Waals surface area contributed by atoms with Crippen LogP contribution in [-0.4, -0.2) is 26.2 Å². The highest BCUT2D eigenvalue weighted by Crippen LogP contribution is 2.26. The summed E-state index contributed by atoms with van der Waals surface area (Å²) in [4.78, 5) is 0.0816. The van der Waals surface area contributed by atoms with Gasteiger partial charge in [0.05, 0.1) is 21.7 Å². The summed E-state index contributed by atoms with van der Waals surface area (Å²) in [6.07, 6.45) is 0.643. The van der Waals surface area contributed by atoms with E-state index in [-0.39, 0.29) is 17.1 Å². The molecule has 0 spiro atoms. The Balaban J connectivity index is 2.92. The van der Waals surface area contributed by atoms with Gasteiger partial charge >= 0.3 is 0 Å². The average Bonchev–Trinajstić information content (AvgIpc) is 2.31. The van der Waals surface area contributed by atoms with Gasteiger partial charge in [0.1, 0.15) is 0 Å². The van der Waals surface area contributed by atoms with Crippen molar-refractivity contribution in [1.29, 1.82) is 0 Å². The number of hydrogen-bond donors (Lipinski definition) is 3. The molecule has 1 atom stereocenters. The van der Waals surface area contributed by atoms with Crippen molar-refractivity contribution in [2.75, 3.05) is 12.3 Å². The lowest BCUT2D eigenvalue weighted by Gasteiger charge is -2.13. The Morgan fingerprint density at radius 2 is 2.11 bits per heavy atom. The summed E-state index contributed by atoms with van der Waals surface area (Å²) in [5.41, 5.74) is 6.34. The Hall–Kier alpha value is -0.820. The van der Waals surface area contributed by atoms with Crippen LogP contribution < -0.4 is 10.5 Å². The van der Waals surface area contributed by atoms with E-state index in [1.54, 1.807) is 6.92 Å². The van der Waals surface area contributed by atoms with E-state index in [2.05, 4.69) is 4.72 Å². The quantitative estimate of drug-likeness (QED) is 0.697. The first-order valence-electron chi connectivity index (χ1n) is 6.01. The molecule has 5 nitrogen and oxygen atoms in total. The monoisotopic (exact) mass is 306 g/mol. The van der Waals surface area contributed by atoms with Crippen LogP contribution in [0, 0.1) is 6.92 Å². The summed E-state index contributed by atoms with van der Waals surface area (Å²) >= 11 is 5.82. The molecule has 0 radical (unpaired) electrons. The van der Waals surface area contributed by atoms with E-state index >= 15 is 0 Å². The number of nitrogens with two attached hydrogens (primary N) is 1. The second-order valence-electron chi connectivity index (χ2n) is 4.43. The maximum atomic E-state index is 12.1. The third-order valence-electron chi connectivity index (χ3n) is 2.71. The Morgan fingerprint density at radius 3 is 2.68 bits per heavy atom. The van der Waals surface area contributed by atoms with Gasteiger partial charge in [0, 0.05) is 6.54 Å². The smallest absolute Gasteiger partial charge is 0.240 e. The molecular formula is C12H19ClN2O3S. The molecule has 0 aromatic heterocycles. The van der Waals surface area contributed by atoms with Crippen LogP contribution >= 0.6 is 11.6 Å². The average molecular weight is 307 g/mol. The van der Waals surface area contributed by atoms with Crippen LogP contribution in [-0.2, 0) is 10.0 Å². The van der Waals surface area contributed by atoms with Crippen molar-refractivity contribution < 1.29 is 13.5 Å². The van der Waals surface area contributed by atoms with Gasteiger partial charge in [-0.25, -0.2) is 13.1 Å². The molecule has 0 heterocycles. The molecule has 0 saturated heterocycles. The molecule has 0 aliphatic heterocycles. The summed E-state index contributed by atoms with van der Waals surface area (Å²) in [7, 11) is -3.69. The molecule has 4 N–H and O–H groups in total. The molecular weight excluding hydrogens is 288 g/mol. The number of halogens is 1. The molecule has 0 aliphatic rings. The van der Waals surface area contributed by atoms with E-state index in [0.717, 1.165) is 6.42 Å². The summed E-state index contributed by atoms with van der Waals surface area (Å²) in [6, 6.07) is 2.83. The summed E-state index contributed by atoms with van der Waals surface area (Å²) in [5, 5.41) is 9.88. The number of nitrogen functional groups attached to an aromatic ring is 1. The lowest BCUT2D eigenvalue weighted by molar-refractivity contribution is 0.167. The van der Waals surface area contributed by atoms with Crippen molar-refractivity contribution >= 4 is 27.3 Å². The maximum Gasteiger partial charge on any atom is 0.240 e. The van der Waals surface area contributed by atoms with E-state index in [4.69, 9.17) is 17.3 Å².